The van der Waals surface area contributed by atoms with Crippen LogP contribution in [0.1, 0.15) is 11.1 Å². The summed E-state index contributed by atoms with van der Waals surface area (Å²) in [6, 6.07) is 13.9. The van der Waals surface area contributed by atoms with Crippen molar-refractivity contribution < 1.29 is 17.2 Å². The molecule has 0 aliphatic heterocycles. The summed E-state index contributed by atoms with van der Waals surface area (Å²) < 4.78 is 56.2. The van der Waals surface area contributed by atoms with E-state index in [0.717, 1.165) is 5.56 Å². The predicted molar refractivity (Wildman–Crippen MR) is 130 cm³/mol. The number of nitrogens with zero attached hydrogens (tertiary/aromatic N) is 1. The fraction of sp³-hybridized carbons (Fsp3) is 0.130. The first-order valence-electron chi connectivity index (χ1n) is 9.73. The Morgan fingerprint density at radius 3 is 2.48 bits per heavy atom. The van der Waals surface area contributed by atoms with Gasteiger partial charge in [0.15, 0.2) is 11.6 Å². The van der Waals surface area contributed by atoms with Crippen molar-refractivity contribution in [2.75, 3.05) is 12.4 Å². The van der Waals surface area contributed by atoms with Crippen LogP contribution in [0, 0.1) is 18.6 Å². The van der Waals surface area contributed by atoms with E-state index < -0.39 is 21.7 Å². The first-order chi connectivity index (χ1) is 15.2. The topological polar surface area (TPSA) is 63.1 Å². The third-order valence-corrected chi connectivity index (χ3v) is 7.03. The van der Waals surface area contributed by atoms with Crippen molar-refractivity contribution in [1.29, 1.82) is 0 Å². The largest absolute Gasteiger partial charge is 0.353 e. The van der Waals surface area contributed by atoms with Gasteiger partial charge in [0.1, 0.15) is 0 Å². The maximum absolute atomic E-state index is 14.3. The molecule has 0 amide bonds. The Kier molecular flexibility index (Phi) is 7.33. The van der Waals surface area contributed by atoms with Gasteiger partial charge in [-0.15, -0.1) is 12.4 Å². The second-order valence-corrected chi connectivity index (χ2v) is 9.61. The van der Waals surface area contributed by atoms with Crippen LogP contribution in [-0.2, 0) is 16.6 Å². The van der Waals surface area contributed by atoms with E-state index in [1.807, 2.05) is 0 Å². The molecule has 1 aromatic heterocycles. The lowest BCUT2D eigenvalue weighted by Gasteiger charge is -2.11. The molecule has 3 aromatic carbocycles. The average molecular weight is 512 g/mol. The molecule has 0 atom stereocenters. The van der Waals surface area contributed by atoms with E-state index >= 15 is 0 Å². The molecule has 4 rings (SSSR count). The van der Waals surface area contributed by atoms with E-state index in [2.05, 4.69) is 10.6 Å². The zero-order valence-electron chi connectivity index (χ0n) is 17.7. The summed E-state index contributed by atoms with van der Waals surface area (Å²) in [5.74, 6) is -1.93. The fourth-order valence-corrected chi connectivity index (χ4v) is 5.20. The average Bonchev–Trinajstić information content (AvgIpc) is 3.13. The van der Waals surface area contributed by atoms with Crippen LogP contribution in [-0.4, -0.2) is 19.4 Å². The van der Waals surface area contributed by atoms with Crippen molar-refractivity contribution in [3.05, 3.63) is 88.6 Å². The summed E-state index contributed by atoms with van der Waals surface area (Å²) in [5.41, 5.74) is 1.73. The van der Waals surface area contributed by atoms with Crippen LogP contribution in [0.25, 0.3) is 10.9 Å². The third-order valence-electron chi connectivity index (χ3n) is 5.13. The molecule has 0 aliphatic rings. The molecule has 5 nitrogen and oxygen atoms in total. The monoisotopic (exact) mass is 511 g/mol. The quantitative estimate of drug-likeness (QED) is 0.333. The SMILES string of the molecule is CNCc1cn(S(=O)(=O)c2cccc(Cl)c2)c2cc(Nc3ccc(C)c(F)c3F)ccc12.Cl. The van der Waals surface area contributed by atoms with E-state index in [1.165, 1.54) is 35.2 Å². The molecule has 1 heterocycles. The number of anilines is 2. The number of fused-ring (bicyclic) bond motifs is 1. The third kappa shape index (κ3) is 4.70. The molecule has 0 aliphatic carbocycles. The van der Waals surface area contributed by atoms with Crippen LogP contribution in [0.5, 0.6) is 0 Å². The fourth-order valence-electron chi connectivity index (χ4n) is 3.51. The van der Waals surface area contributed by atoms with Gasteiger partial charge in [-0.05, 0) is 61.5 Å². The number of nitrogens with one attached hydrogen (secondary N) is 2. The molecular formula is C23H21Cl2F2N3O2S. The van der Waals surface area contributed by atoms with Gasteiger partial charge in [-0.3, -0.25) is 0 Å². The zero-order chi connectivity index (χ0) is 23.0. The summed E-state index contributed by atoms with van der Waals surface area (Å²) in [6.07, 6.45) is 1.55. The van der Waals surface area contributed by atoms with Gasteiger partial charge in [-0.1, -0.05) is 29.8 Å². The maximum Gasteiger partial charge on any atom is 0.268 e. The summed E-state index contributed by atoms with van der Waals surface area (Å²) in [7, 11) is -2.19. The minimum Gasteiger partial charge on any atom is -0.353 e. The minimum absolute atomic E-state index is 0. The van der Waals surface area contributed by atoms with E-state index in [-0.39, 0.29) is 28.6 Å². The molecule has 4 aromatic rings. The molecular weight excluding hydrogens is 491 g/mol. The minimum atomic E-state index is -3.95. The first kappa shape index (κ1) is 25.0. The molecule has 0 unspecified atom stereocenters. The Hall–Kier alpha value is -2.65. The van der Waals surface area contributed by atoms with Crippen LogP contribution in [0.3, 0.4) is 0 Å². The van der Waals surface area contributed by atoms with Gasteiger partial charge in [0, 0.05) is 28.8 Å². The Morgan fingerprint density at radius 1 is 1.03 bits per heavy atom. The standard InChI is InChI=1S/C23H20ClF2N3O2S.ClH/c1-14-6-9-20(23(26)22(14)25)28-17-7-8-19-15(12-27-2)13-29(21(19)11-17)32(30,31)18-5-3-4-16(24)10-18;/h3-11,13,27-28H,12H2,1-2H3;1H. The first-order valence-corrected chi connectivity index (χ1v) is 11.6. The molecule has 2 N–H and O–H groups in total. The van der Waals surface area contributed by atoms with E-state index in [9.17, 15) is 17.2 Å². The number of hydrogen-bond acceptors (Lipinski definition) is 4. The van der Waals surface area contributed by atoms with Gasteiger partial charge in [0.05, 0.1) is 16.1 Å². The highest BCUT2D eigenvalue weighted by molar-refractivity contribution is 7.90. The smallest absolute Gasteiger partial charge is 0.268 e. The molecule has 0 saturated heterocycles. The van der Waals surface area contributed by atoms with Gasteiger partial charge in [0.2, 0.25) is 0 Å². The maximum atomic E-state index is 14.3. The van der Waals surface area contributed by atoms with E-state index in [4.69, 9.17) is 11.6 Å². The molecule has 0 fully saturated rings. The highest BCUT2D eigenvalue weighted by Crippen LogP contribution is 2.31. The lowest BCUT2D eigenvalue weighted by molar-refractivity contribution is 0.506. The Morgan fingerprint density at radius 2 is 1.79 bits per heavy atom. The summed E-state index contributed by atoms with van der Waals surface area (Å²) in [6.45, 7) is 1.92. The normalized spacial score (nSPS) is 11.4. The lowest BCUT2D eigenvalue weighted by atomic mass is 10.1. The van der Waals surface area contributed by atoms with E-state index in [1.54, 1.807) is 43.6 Å². The zero-order valence-corrected chi connectivity index (χ0v) is 20.1. The van der Waals surface area contributed by atoms with Crippen LogP contribution >= 0.6 is 24.0 Å². The number of benzene rings is 3. The van der Waals surface area contributed by atoms with Crippen molar-refractivity contribution in [3.63, 3.8) is 0 Å². The number of halogens is 4. The van der Waals surface area contributed by atoms with Crippen LogP contribution in [0.15, 0.2) is 65.7 Å². The molecule has 0 bridgehead atoms. The molecule has 10 heteroatoms. The Balaban J connectivity index is 0.00000306. The van der Waals surface area contributed by atoms with Crippen LogP contribution < -0.4 is 10.6 Å². The summed E-state index contributed by atoms with van der Waals surface area (Å²) in [4.78, 5) is 0.0444. The van der Waals surface area contributed by atoms with Crippen molar-refractivity contribution in [2.45, 2.75) is 18.4 Å². The number of aryl methyl sites for hydroxylation is 1. The van der Waals surface area contributed by atoms with Gasteiger partial charge >= 0.3 is 0 Å². The summed E-state index contributed by atoms with van der Waals surface area (Å²) >= 11 is 6.01. The number of rotatable bonds is 6. The van der Waals surface area contributed by atoms with Crippen molar-refractivity contribution in [1.82, 2.24) is 9.29 Å². The van der Waals surface area contributed by atoms with Crippen LogP contribution in [0.4, 0.5) is 20.2 Å². The van der Waals surface area contributed by atoms with Crippen LogP contribution in [0.2, 0.25) is 5.02 Å². The lowest BCUT2D eigenvalue weighted by Crippen LogP contribution is -2.12. The Labute approximate surface area is 201 Å². The molecule has 0 spiro atoms. The number of aromatic nitrogens is 1. The van der Waals surface area contributed by atoms with Gasteiger partial charge in [-0.25, -0.2) is 21.2 Å². The van der Waals surface area contributed by atoms with Crippen molar-refractivity contribution >= 4 is 56.3 Å². The highest BCUT2D eigenvalue weighted by atomic mass is 35.5. The predicted octanol–water partition coefficient (Wildman–Crippen LogP) is 6.00. The molecule has 174 valence electrons. The highest BCUT2D eigenvalue weighted by Gasteiger charge is 2.22. The summed E-state index contributed by atoms with van der Waals surface area (Å²) in [5, 5.41) is 6.89. The van der Waals surface area contributed by atoms with Crippen molar-refractivity contribution in [3.8, 4) is 0 Å². The van der Waals surface area contributed by atoms with Gasteiger partial charge in [-0.2, -0.15) is 0 Å². The van der Waals surface area contributed by atoms with Crippen molar-refractivity contribution in [2.24, 2.45) is 0 Å². The molecule has 0 radical (unpaired) electrons. The number of hydrogen-bond donors (Lipinski definition) is 2. The molecule has 33 heavy (non-hydrogen) atoms. The second kappa shape index (κ2) is 9.69. The van der Waals surface area contributed by atoms with Gasteiger partial charge < -0.3 is 10.6 Å². The van der Waals surface area contributed by atoms with E-state index in [0.29, 0.717) is 28.2 Å². The second-order valence-electron chi connectivity index (χ2n) is 7.36. The molecule has 0 saturated carbocycles. The Bertz CT molecular complexity index is 1440. The van der Waals surface area contributed by atoms with Gasteiger partial charge in [0.25, 0.3) is 10.0 Å².